The zero-order valence-electron chi connectivity index (χ0n) is 8.88. The van der Waals surface area contributed by atoms with E-state index in [-0.39, 0.29) is 0 Å². The fraction of sp³-hybridized carbons (Fsp3) is 0.0769. The first-order valence-corrected chi connectivity index (χ1v) is 6.27. The van der Waals surface area contributed by atoms with Crippen molar-refractivity contribution in [1.29, 1.82) is 0 Å². The van der Waals surface area contributed by atoms with E-state index in [1.165, 1.54) is 0 Å². The smallest absolute Gasteiger partial charge is 0.0892 e. The summed E-state index contributed by atoms with van der Waals surface area (Å²) in [6.07, 6.45) is 0. The first-order chi connectivity index (χ1) is 7.79. The van der Waals surface area contributed by atoms with Crippen molar-refractivity contribution >= 4 is 22.2 Å². The molecule has 0 bridgehead atoms. The van der Waals surface area contributed by atoms with Gasteiger partial charge in [-0.25, -0.2) is 4.21 Å². The lowest BCUT2D eigenvalue weighted by molar-refractivity contribution is 0.682. The number of hydrogen-bond acceptors (Lipinski definition) is 2. The molecule has 0 spiro atoms. The Hall–Kier alpha value is -1.61. The molecule has 0 atom stereocenters. The summed E-state index contributed by atoms with van der Waals surface area (Å²) in [7, 11) is 0.956. The second kappa shape index (κ2) is 3.46. The molecule has 0 aliphatic carbocycles. The second-order valence-electron chi connectivity index (χ2n) is 3.76. The Kier molecular flexibility index (Phi) is 2.07. The van der Waals surface area contributed by atoms with Crippen molar-refractivity contribution in [2.45, 2.75) is 9.79 Å². The fourth-order valence-electron chi connectivity index (χ4n) is 2.03. The van der Waals surface area contributed by atoms with Gasteiger partial charge in [0.05, 0.1) is 32.0 Å². The molecule has 1 aliphatic rings. The molecule has 0 N–H and O–H groups in total. The van der Waals surface area contributed by atoms with Gasteiger partial charge >= 0.3 is 0 Å². The lowest BCUT2D eigenvalue weighted by atomic mass is 10.2. The van der Waals surface area contributed by atoms with Crippen molar-refractivity contribution in [3.63, 3.8) is 0 Å². The zero-order valence-corrected chi connectivity index (χ0v) is 9.70. The summed E-state index contributed by atoms with van der Waals surface area (Å²) in [4.78, 5) is 3.87. The number of benzene rings is 2. The number of fused-ring (bicyclic) bond motifs is 2. The van der Waals surface area contributed by atoms with E-state index in [1.54, 1.807) is 0 Å². The Bertz CT molecular complexity index is 530. The molecule has 2 aromatic rings. The van der Waals surface area contributed by atoms with Gasteiger partial charge in [-0.05, 0) is 24.3 Å². The first kappa shape index (κ1) is 9.60. The highest BCUT2D eigenvalue weighted by Gasteiger charge is 2.24. The third-order valence-electron chi connectivity index (χ3n) is 2.85. The molecule has 80 valence electrons. The van der Waals surface area contributed by atoms with E-state index in [0.29, 0.717) is 0 Å². The minimum absolute atomic E-state index is 0.892. The van der Waals surface area contributed by atoms with Crippen molar-refractivity contribution in [3.05, 3.63) is 48.5 Å². The molecular formula is C13H11NOS. The Morgan fingerprint density at radius 2 is 1.31 bits per heavy atom. The molecule has 3 heteroatoms. The van der Waals surface area contributed by atoms with Crippen LogP contribution in [0.1, 0.15) is 0 Å². The summed E-state index contributed by atoms with van der Waals surface area (Å²) in [5.41, 5.74) is 2.05. The standard InChI is InChI=1S/C13H11NOS/c1-14-10-6-2-4-8-12(10)16(15)13-9-5-3-7-11(13)14/h2-9H,1H3. The van der Waals surface area contributed by atoms with E-state index < -0.39 is 10.8 Å². The van der Waals surface area contributed by atoms with Crippen LogP contribution in [-0.4, -0.2) is 11.3 Å². The number of para-hydroxylation sites is 2. The normalized spacial score (nSPS) is 14.4. The molecule has 0 aromatic heterocycles. The van der Waals surface area contributed by atoms with Gasteiger partial charge in [-0.15, -0.1) is 0 Å². The minimum Gasteiger partial charge on any atom is -0.343 e. The van der Waals surface area contributed by atoms with Crippen molar-refractivity contribution in [3.8, 4) is 0 Å². The highest BCUT2D eigenvalue weighted by atomic mass is 32.2. The minimum atomic E-state index is -1.05. The van der Waals surface area contributed by atoms with E-state index >= 15 is 0 Å². The van der Waals surface area contributed by atoms with Gasteiger partial charge in [-0.3, -0.25) is 0 Å². The average Bonchev–Trinajstić information content (AvgIpc) is 2.36. The molecule has 2 nitrogen and oxygen atoms in total. The molecule has 0 unspecified atom stereocenters. The maximum absolute atomic E-state index is 12.3. The highest BCUT2D eigenvalue weighted by molar-refractivity contribution is 7.85. The number of rotatable bonds is 0. The van der Waals surface area contributed by atoms with Crippen molar-refractivity contribution < 1.29 is 4.21 Å². The van der Waals surface area contributed by atoms with Crippen LogP contribution < -0.4 is 4.90 Å². The monoisotopic (exact) mass is 229 g/mol. The summed E-state index contributed by atoms with van der Waals surface area (Å²) in [5.74, 6) is 0. The van der Waals surface area contributed by atoms with Gasteiger partial charge in [-0.2, -0.15) is 0 Å². The molecule has 0 saturated heterocycles. The molecule has 3 rings (SSSR count). The second-order valence-corrected chi connectivity index (χ2v) is 5.18. The highest BCUT2D eigenvalue weighted by Crippen LogP contribution is 2.40. The average molecular weight is 229 g/mol. The fourth-order valence-corrected chi connectivity index (χ4v) is 3.46. The molecule has 1 heterocycles. The quantitative estimate of drug-likeness (QED) is 0.692. The van der Waals surface area contributed by atoms with Crippen LogP contribution in [0, 0.1) is 0 Å². The lowest BCUT2D eigenvalue weighted by Crippen LogP contribution is -2.18. The zero-order chi connectivity index (χ0) is 11.1. The van der Waals surface area contributed by atoms with E-state index in [4.69, 9.17) is 0 Å². The van der Waals surface area contributed by atoms with Crippen LogP contribution in [0.4, 0.5) is 11.4 Å². The maximum atomic E-state index is 12.3. The van der Waals surface area contributed by atoms with Crippen LogP contribution in [0.25, 0.3) is 0 Å². The van der Waals surface area contributed by atoms with Crippen LogP contribution in [0.15, 0.2) is 58.3 Å². The number of nitrogens with zero attached hydrogens (tertiary/aromatic N) is 1. The van der Waals surface area contributed by atoms with Crippen molar-refractivity contribution in [2.75, 3.05) is 11.9 Å². The first-order valence-electron chi connectivity index (χ1n) is 5.12. The summed E-state index contributed by atoms with van der Waals surface area (Å²) in [6, 6.07) is 15.7. The van der Waals surface area contributed by atoms with E-state index in [1.807, 2.05) is 55.6 Å². The van der Waals surface area contributed by atoms with E-state index in [9.17, 15) is 4.21 Å². The molecular weight excluding hydrogens is 218 g/mol. The molecule has 0 fully saturated rings. The summed E-state index contributed by atoms with van der Waals surface area (Å²) < 4.78 is 12.3. The van der Waals surface area contributed by atoms with Gasteiger partial charge in [0.1, 0.15) is 0 Å². The largest absolute Gasteiger partial charge is 0.343 e. The van der Waals surface area contributed by atoms with Crippen LogP contribution >= 0.6 is 0 Å². The van der Waals surface area contributed by atoms with Crippen LogP contribution in [0.3, 0.4) is 0 Å². The molecule has 0 radical (unpaired) electrons. The third-order valence-corrected chi connectivity index (χ3v) is 4.34. The van der Waals surface area contributed by atoms with Gasteiger partial charge in [0.15, 0.2) is 0 Å². The molecule has 16 heavy (non-hydrogen) atoms. The molecule has 2 aromatic carbocycles. The Labute approximate surface area is 97.0 Å². The van der Waals surface area contributed by atoms with Crippen molar-refractivity contribution in [2.24, 2.45) is 0 Å². The summed E-state index contributed by atoms with van der Waals surface area (Å²) >= 11 is 0. The Morgan fingerprint density at radius 3 is 1.81 bits per heavy atom. The van der Waals surface area contributed by atoms with Gasteiger partial charge in [-0.1, -0.05) is 24.3 Å². The predicted molar refractivity (Wildman–Crippen MR) is 65.6 cm³/mol. The predicted octanol–water partition coefficient (Wildman–Crippen LogP) is 2.93. The maximum Gasteiger partial charge on any atom is 0.0892 e. The number of anilines is 2. The number of hydrogen-bond donors (Lipinski definition) is 0. The van der Waals surface area contributed by atoms with Crippen LogP contribution in [0.2, 0.25) is 0 Å². The SMILES string of the molecule is CN1c2ccccc2S(=O)c2ccccc21. The Balaban J connectivity index is 2.30. The third kappa shape index (κ3) is 1.21. The topological polar surface area (TPSA) is 20.3 Å². The molecule has 0 saturated carbocycles. The van der Waals surface area contributed by atoms with E-state index in [2.05, 4.69) is 4.90 Å². The van der Waals surface area contributed by atoms with Gasteiger partial charge < -0.3 is 4.90 Å². The lowest BCUT2D eigenvalue weighted by Gasteiger charge is -2.28. The van der Waals surface area contributed by atoms with Gasteiger partial charge in [0, 0.05) is 7.05 Å². The van der Waals surface area contributed by atoms with E-state index in [0.717, 1.165) is 21.2 Å². The van der Waals surface area contributed by atoms with Gasteiger partial charge in [0.25, 0.3) is 0 Å². The molecule has 1 aliphatic heterocycles. The Morgan fingerprint density at radius 1 is 0.875 bits per heavy atom. The van der Waals surface area contributed by atoms with Crippen molar-refractivity contribution in [1.82, 2.24) is 0 Å². The summed E-state index contributed by atoms with van der Waals surface area (Å²) in [5, 5.41) is 0. The van der Waals surface area contributed by atoms with Crippen LogP contribution in [0.5, 0.6) is 0 Å². The van der Waals surface area contributed by atoms with Crippen LogP contribution in [-0.2, 0) is 10.8 Å². The molecule has 0 amide bonds. The van der Waals surface area contributed by atoms with Gasteiger partial charge in [0.2, 0.25) is 0 Å². The summed E-state index contributed by atoms with van der Waals surface area (Å²) in [6.45, 7) is 0.